The predicted molar refractivity (Wildman–Crippen MR) is 81.1 cm³/mol. The van der Waals surface area contributed by atoms with Gasteiger partial charge < -0.3 is 10.1 Å². The van der Waals surface area contributed by atoms with Crippen LogP contribution in [0.4, 0.5) is 0 Å². The second-order valence-electron chi connectivity index (χ2n) is 4.85. The molecule has 20 heavy (non-hydrogen) atoms. The molecule has 2 unspecified atom stereocenters. The molecular weight excluding hydrogens is 300 g/mol. The second kappa shape index (κ2) is 7.26. The maximum absolute atomic E-state index is 12.4. The highest BCUT2D eigenvalue weighted by Gasteiger charge is 2.26. The first-order chi connectivity index (χ1) is 9.03. The van der Waals surface area contributed by atoms with Crippen molar-refractivity contribution in [2.45, 2.75) is 36.7 Å². The van der Waals surface area contributed by atoms with E-state index in [4.69, 9.17) is 4.74 Å². The average molecular weight is 321 g/mol. The molecule has 1 fully saturated rings. The molecule has 0 aliphatic carbocycles. The molecule has 5 nitrogen and oxygen atoms in total. The summed E-state index contributed by atoms with van der Waals surface area (Å²) in [6.45, 7) is 2.89. The second-order valence-corrected chi connectivity index (χ2v) is 6.53. The number of sulfonamides is 1. The lowest BCUT2D eigenvalue weighted by Crippen LogP contribution is -2.46. The van der Waals surface area contributed by atoms with Gasteiger partial charge in [0.05, 0.1) is 7.11 Å². The zero-order valence-electron chi connectivity index (χ0n) is 11.6. The molecule has 1 aliphatic heterocycles. The van der Waals surface area contributed by atoms with Crippen LogP contribution >= 0.6 is 12.4 Å². The third-order valence-corrected chi connectivity index (χ3v) is 4.86. The zero-order valence-corrected chi connectivity index (χ0v) is 13.3. The van der Waals surface area contributed by atoms with E-state index in [1.807, 2.05) is 0 Å². The zero-order chi connectivity index (χ0) is 13.9. The molecule has 1 aromatic carbocycles. The molecule has 114 valence electrons. The number of rotatable bonds is 4. The Kier molecular flexibility index (Phi) is 6.26. The Hall–Kier alpha value is -0.820. The number of ether oxygens (including phenoxy) is 1. The smallest absolute Gasteiger partial charge is 0.244 e. The van der Waals surface area contributed by atoms with E-state index in [9.17, 15) is 8.42 Å². The van der Waals surface area contributed by atoms with E-state index in [0.717, 1.165) is 19.4 Å². The van der Waals surface area contributed by atoms with Gasteiger partial charge in [-0.2, -0.15) is 0 Å². The first kappa shape index (κ1) is 17.2. The number of benzene rings is 1. The topological polar surface area (TPSA) is 67.4 Å². The molecule has 0 radical (unpaired) electrons. The van der Waals surface area contributed by atoms with Gasteiger partial charge in [0, 0.05) is 12.1 Å². The molecular formula is C13H21ClN2O3S. The van der Waals surface area contributed by atoms with E-state index < -0.39 is 10.0 Å². The fourth-order valence-corrected chi connectivity index (χ4v) is 3.82. The monoisotopic (exact) mass is 320 g/mol. The standard InChI is InChI=1S/C13H20N2O3S.ClH/c1-10-9-11(7-8-14-10)15-19(16,17)13-6-4-3-5-12(13)18-2;/h3-6,10-11,14-15H,7-9H2,1-2H3;1H. The van der Waals surface area contributed by atoms with Gasteiger partial charge in [0.25, 0.3) is 0 Å². The van der Waals surface area contributed by atoms with Crippen molar-refractivity contribution in [2.75, 3.05) is 13.7 Å². The molecule has 0 saturated carbocycles. The molecule has 1 heterocycles. The number of hydrogen-bond acceptors (Lipinski definition) is 4. The van der Waals surface area contributed by atoms with Crippen molar-refractivity contribution >= 4 is 22.4 Å². The van der Waals surface area contributed by atoms with E-state index >= 15 is 0 Å². The number of nitrogens with one attached hydrogen (secondary N) is 2. The van der Waals surface area contributed by atoms with Gasteiger partial charge in [-0.15, -0.1) is 12.4 Å². The highest BCUT2D eigenvalue weighted by Crippen LogP contribution is 2.23. The van der Waals surface area contributed by atoms with E-state index in [1.165, 1.54) is 7.11 Å². The minimum atomic E-state index is -3.53. The van der Waals surface area contributed by atoms with Crippen LogP contribution in [0.25, 0.3) is 0 Å². The minimum Gasteiger partial charge on any atom is -0.495 e. The quantitative estimate of drug-likeness (QED) is 0.883. The number of piperidine rings is 1. The predicted octanol–water partition coefficient (Wildman–Crippen LogP) is 1.54. The van der Waals surface area contributed by atoms with Gasteiger partial charge in [0.1, 0.15) is 10.6 Å². The Morgan fingerprint density at radius 3 is 2.70 bits per heavy atom. The van der Waals surface area contributed by atoms with Gasteiger partial charge in [0.2, 0.25) is 10.0 Å². The molecule has 0 spiro atoms. The Morgan fingerprint density at radius 1 is 1.35 bits per heavy atom. The summed E-state index contributed by atoms with van der Waals surface area (Å²) in [5, 5.41) is 3.30. The van der Waals surface area contributed by atoms with Crippen LogP contribution < -0.4 is 14.8 Å². The largest absolute Gasteiger partial charge is 0.495 e. The molecule has 0 bridgehead atoms. The molecule has 1 aromatic rings. The van der Waals surface area contributed by atoms with Crippen molar-refractivity contribution in [2.24, 2.45) is 0 Å². The summed E-state index contributed by atoms with van der Waals surface area (Å²) >= 11 is 0. The van der Waals surface area contributed by atoms with Gasteiger partial charge in [-0.3, -0.25) is 0 Å². The number of hydrogen-bond donors (Lipinski definition) is 2. The van der Waals surface area contributed by atoms with Crippen molar-refractivity contribution in [1.29, 1.82) is 0 Å². The van der Waals surface area contributed by atoms with E-state index in [0.29, 0.717) is 11.8 Å². The maximum atomic E-state index is 12.4. The van der Waals surface area contributed by atoms with Crippen molar-refractivity contribution in [3.05, 3.63) is 24.3 Å². The summed E-state index contributed by atoms with van der Waals surface area (Å²) in [6, 6.07) is 6.98. The fraction of sp³-hybridized carbons (Fsp3) is 0.538. The van der Waals surface area contributed by atoms with Gasteiger partial charge in [-0.05, 0) is 38.4 Å². The van der Waals surface area contributed by atoms with Crippen LogP contribution in [0.5, 0.6) is 5.75 Å². The van der Waals surface area contributed by atoms with Crippen LogP contribution in [-0.4, -0.2) is 34.2 Å². The lowest BCUT2D eigenvalue weighted by molar-refractivity contribution is 0.360. The summed E-state index contributed by atoms with van der Waals surface area (Å²) in [6.07, 6.45) is 1.60. The van der Waals surface area contributed by atoms with Crippen molar-refractivity contribution in [1.82, 2.24) is 10.0 Å². The molecule has 7 heteroatoms. The van der Waals surface area contributed by atoms with Crippen LogP contribution in [0.2, 0.25) is 0 Å². The molecule has 2 N–H and O–H groups in total. The van der Waals surface area contributed by atoms with Crippen LogP contribution in [0.1, 0.15) is 19.8 Å². The normalized spacial score (nSPS) is 22.9. The Bertz CT molecular complexity index is 536. The van der Waals surface area contributed by atoms with Gasteiger partial charge in [-0.25, -0.2) is 13.1 Å². The maximum Gasteiger partial charge on any atom is 0.244 e. The van der Waals surface area contributed by atoms with Crippen LogP contribution in [0.3, 0.4) is 0 Å². The number of methoxy groups -OCH3 is 1. The Balaban J connectivity index is 0.00000200. The summed E-state index contributed by atoms with van der Waals surface area (Å²) in [7, 11) is -2.06. The lowest BCUT2D eigenvalue weighted by Gasteiger charge is -2.28. The SMILES string of the molecule is COc1ccccc1S(=O)(=O)NC1CCNC(C)C1.Cl. The molecule has 2 atom stereocenters. The molecule has 0 amide bonds. The first-order valence-electron chi connectivity index (χ1n) is 6.41. The highest BCUT2D eigenvalue weighted by atomic mass is 35.5. The summed E-state index contributed by atoms with van der Waals surface area (Å²) in [5.74, 6) is 0.372. The van der Waals surface area contributed by atoms with Crippen molar-refractivity contribution < 1.29 is 13.2 Å². The van der Waals surface area contributed by atoms with Crippen LogP contribution in [0, 0.1) is 0 Å². The van der Waals surface area contributed by atoms with E-state index in [2.05, 4.69) is 17.0 Å². The minimum absolute atomic E-state index is 0. The van der Waals surface area contributed by atoms with Gasteiger partial charge in [0.15, 0.2) is 0 Å². The highest BCUT2D eigenvalue weighted by molar-refractivity contribution is 7.89. The van der Waals surface area contributed by atoms with Gasteiger partial charge >= 0.3 is 0 Å². The summed E-state index contributed by atoms with van der Waals surface area (Å²) in [5.41, 5.74) is 0. The Morgan fingerprint density at radius 2 is 2.05 bits per heavy atom. The van der Waals surface area contributed by atoms with Crippen LogP contribution in [0.15, 0.2) is 29.2 Å². The van der Waals surface area contributed by atoms with E-state index in [1.54, 1.807) is 24.3 Å². The molecule has 0 aromatic heterocycles. The lowest BCUT2D eigenvalue weighted by atomic mass is 10.0. The molecule has 1 saturated heterocycles. The van der Waals surface area contributed by atoms with Crippen molar-refractivity contribution in [3.8, 4) is 5.75 Å². The third kappa shape index (κ3) is 4.09. The average Bonchev–Trinajstić information content (AvgIpc) is 2.38. The van der Waals surface area contributed by atoms with Crippen LogP contribution in [-0.2, 0) is 10.0 Å². The first-order valence-corrected chi connectivity index (χ1v) is 7.90. The summed E-state index contributed by atoms with van der Waals surface area (Å²) < 4.78 is 32.6. The molecule has 2 rings (SSSR count). The summed E-state index contributed by atoms with van der Waals surface area (Å²) in [4.78, 5) is 0.198. The Labute approximate surface area is 126 Å². The number of halogens is 1. The van der Waals surface area contributed by atoms with Crippen molar-refractivity contribution in [3.63, 3.8) is 0 Å². The van der Waals surface area contributed by atoms with E-state index in [-0.39, 0.29) is 23.3 Å². The third-order valence-electron chi connectivity index (χ3n) is 3.30. The number of para-hydroxylation sites is 1. The van der Waals surface area contributed by atoms with Gasteiger partial charge in [-0.1, -0.05) is 12.1 Å². The molecule has 1 aliphatic rings. The fourth-order valence-electron chi connectivity index (χ4n) is 2.36.